The van der Waals surface area contributed by atoms with Crippen molar-refractivity contribution in [1.29, 1.82) is 0 Å². The summed E-state index contributed by atoms with van der Waals surface area (Å²) < 4.78 is 7.38. The van der Waals surface area contributed by atoms with Crippen molar-refractivity contribution in [1.82, 2.24) is 20.0 Å². The molecule has 3 rings (SSSR count). The smallest absolute Gasteiger partial charge is 0.274 e. The fraction of sp³-hybridized carbons (Fsp3) is 0.545. The lowest BCUT2D eigenvalue weighted by molar-refractivity contribution is 0.0819. The number of nitrogens with one attached hydrogen (secondary N) is 1. The van der Waals surface area contributed by atoms with Crippen molar-refractivity contribution < 1.29 is 9.53 Å². The maximum Gasteiger partial charge on any atom is 0.274 e. The summed E-state index contributed by atoms with van der Waals surface area (Å²) in [5.74, 6) is 1.36. The van der Waals surface area contributed by atoms with E-state index < -0.39 is 0 Å². The Labute approximate surface area is 167 Å². The van der Waals surface area contributed by atoms with E-state index in [4.69, 9.17) is 9.84 Å². The van der Waals surface area contributed by atoms with Crippen molar-refractivity contribution >= 4 is 5.91 Å². The molecule has 28 heavy (non-hydrogen) atoms. The number of rotatable bonds is 7. The van der Waals surface area contributed by atoms with Crippen LogP contribution in [-0.4, -0.2) is 47.8 Å². The van der Waals surface area contributed by atoms with Gasteiger partial charge in [-0.3, -0.25) is 9.48 Å². The molecule has 0 saturated heterocycles. The number of hydrogen-bond acceptors (Lipinski definition) is 4. The summed E-state index contributed by atoms with van der Waals surface area (Å²) in [6, 6.07) is 8.47. The molecule has 1 heterocycles. The third-order valence-electron chi connectivity index (χ3n) is 5.22. The Morgan fingerprint density at radius 3 is 2.86 bits per heavy atom. The van der Waals surface area contributed by atoms with E-state index in [9.17, 15) is 4.79 Å². The summed E-state index contributed by atoms with van der Waals surface area (Å²) in [6.07, 6.45) is 2.84. The molecule has 6 heteroatoms. The third kappa shape index (κ3) is 4.55. The van der Waals surface area contributed by atoms with Crippen molar-refractivity contribution in [2.45, 2.75) is 52.2 Å². The Hall–Kier alpha value is -2.34. The highest BCUT2D eigenvalue weighted by Gasteiger charge is 2.29. The van der Waals surface area contributed by atoms with Gasteiger partial charge < -0.3 is 15.0 Å². The summed E-state index contributed by atoms with van der Waals surface area (Å²) in [5, 5.41) is 8.37. The number of carbonyl (C=O) groups excluding carboxylic acids is 1. The molecular formula is C22H32N4O2. The monoisotopic (exact) mass is 384 g/mol. The molecule has 0 unspecified atom stereocenters. The lowest BCUT2D eigenvalue weighted by Gasteiger charge is -2.25. The average molecular weight is 385 g/mol. The molecule has 152 valence electrons. The van der Waals surface area contributed by atoms with Gasteiger partial charge in [0.25, 0.3) is 5.91 Å². The van der Waals surface area contributed by atoms with E-state index in [1.165, 1.54) is 11.3 Å². The number of aromatic nitrogens is 2. The maximum atomic E-state index is 12.7. The van der Waals surface area contributed by atoms with Crippen molar-refractivity contribution in [2.75, 3.05) is 21.2 Å². The number of benzene rings is 1. The van der Waals surface area contributed by atoms with Crippen molar-refractivity contribution in [3.05, 3.63) is 46.8 Å². The van der Waals surface area contributed by atoms with Crippen LogP contribution in [0.2, 0.25) is 0 Å². The SMILES string of the molecule is COc1cccc(CN[C@@H]2CCc3c(c(C(=O)N(C)C)nn3CC(C)C)C2)c1. The number of methoxy groups -OCH3 is 1. The normalized spacial score (nSPS) is 16.1. The first-order valence-electron chi connectivity index (χ1n) is 10.1. The van der Waals surface area contributed by atoms with Crippen molar-refractivity contribution in [2.24, 2.45) is 5.92 Å². The van der Waals surface area contributed by atoms with Gasteiger partial charge in [0.2, 0.25) is 0 Å². The van der Waals surface area contributed by atoms with Crippen LogP contribution in [0.1, 0.15) is 47.6 Å². The van der Waals surface area contributed by atoms with E-state index in [-0.39, 0.29) is 5.91 Å². The Kier molecular flexibility index (Phi) is 6.39. The first-order chi connectivity index (χ1) is 13.4. The van der Waals surface area contributed by atoms with Gasteiger partial charge in [0.05, 0.1) is 7.11 Å². The van der Waals surface area contributed by atoms with Crippen LogP contribution in [0.5, 0.6) is 5.75 Å². The first kappa shape index (κ1) is 20.4. The van der Waals surface area contributed by atoms with E-state index >= 15 is 0 Å². The number of hydrogen-bond donors (Lipinski definition) is 1. The molecule has 0 radical (unpaired) electrons. The molecule has 1 amide bonds. The fourth-order valence-electron chi connectivity index (χ4n) is 3.79. The molecule has 1 aliphatic rings. The van der Waals surface area contributed by atoms with Crippen LogP contribution in [0.15, 0.2) is 24.3 Å². The summed E-state index contributed by atoms with van der Waals surface area (Å²) in [6.45, 7) is 6.00. The Morgan fingerprint density at radius 2 is 2.18 bits per heavy atom. The van der Waals surface area contributed by atoms with Gasteiger partial charge in [-0.05, 0) is 42.9 Å². The standard InChI is InChI=1S/C22H32N4O2/c1-15(2)14-26-20-10-9-17(12-19(20)21(24-26)22(27)25(3)4)23-13-16-7-6-8-18(11-16)28-5/h6-8,11,15,17,23H,9-10,12-14H2,1-5H3/t17-/m1/s1. The number of nitrogens with zero attached hydrogens (tertiary/aromatic N) is 3. The van der Waals surface area contributed by atoms with Gasteiger partial charge in [-0.15, -0.1) is 0 Å². The molecular weight excluding hydrogens is 352 g/mol. The average Bonchev–Trinajstić information content (AvgIpc) is 3.02. The number of ether oxygens (including phenoxy) is 1. The summed E-state index contributed by atoms with van der Waals surface area (Å²) >= 11 is 0. The zero-order valence-electron chi connectivity index (χ0n) is 17.7. The maximum absolute atomic E-state index is 12.7. The molecule has 1 aromatic heterocycles. The molecule has 1 N–H and O–H groups in total. The molecule has 0 fully saturated rings. The van der Waals surface area contributed by atoms with Gasteiger partial charge in [-0.25, -0.2) is 0 Å². The van der Waals surface area contributed by atoms with E-state index in [1.54, 1.807) is 26.1 Å². The van der Waals surface area contributed by atoms with Crippen LogP contribution >= 0.6 is 0 Å². The van der Waals surface area contributed by atoms with Crippen LogP contribution in [0.25, 0.3) is 0 Å². The van der Waals surface area contributed by atoms with Crippen LogP contribution < -0.4 is 10.1 Å². The van der Waals surface area contributed by atoms with Gasteiger partial charge in [-0.1, -0.05) is 26.0 Å². The molecule has 0 aliphatic heterocycles. The highest BCUT2D eigenvalue weighted by Crippen LogP contribution is 2.26. The van der Waals surface area contributed by atoms with E-state index in [0.717, 1.165) is 43.7 Å². The molecule has 0 bridgehead atoms. The molecule has 1 aromatic carbocycles. The van der Waals surface area contributed by atoms with E-state index in [0.29, 0.717) is 17.7 Å². The molecule has 6 nitrogen and oxygen atoms in total. The van der Waals surface area contributed by atoms with Crippen molar-refractivity contribution in [3.63, 3.8) is 0 Å². The van der Waals surface area contributed by atoms with E-state index in [2.05, 4.69) is 36.0 Å². The summed E-state index contributed by atoms with van der Waals surface area (Å²) in [7, 11) is 5.27. The van der Waals surface area contributed by atoms with Crippen LogP contribution in [0, 0.1) is 5.92 Å². The second-order valence-electron chi connectivity index (χ2n) is 8.22. The van der Waals surface area contributed by atoms with Crippen molar-refractivity contribution in [3.8, 4) is 5.75 Å². The zero-order valence-corrected chi connectivity index (χ0v) is 17.7. The number of amides is 1. The fourth-order valence-corrected chi connectivity index (χ4v) is 3.79. The quantitative estimate of drug-likeness (QED) is 0.797. The predicted molar refractivity (Wildman–Crippen MR) is 111 cm³/mol. The Morgan fingerprint density at radius 1 is 1.39 bits per heavy atom. The molecule has 1 aliphatic carbocycles. The third-order valence-corrected chi connectivity index (χ3v) is 5.22. The minimum absolute atomic E-state index is 0.00722. The topological polar surface area (TPSA) is 59.4 Å². The largest absolute Gasteiger partial charge is 0.497 e. The van der Waals surface area contributed by atoms with Crippen LogP contribution in [0.4, 0.5) is 0 Å². The van der Waals surface area contributed by atoms with Gasteiger partial charge in [-0.2, -0.15) is 5.10 Å². The number of fused-ring (bicyclic) bond motifs is 1. The lowest BCUT2D eigenvalue weighted by Crippen LogP contribution is -2.35. The van der Waals surface area contributed by atoms with Gasteiger partial charge in [0, 0.05) is 44.5 Å². The second-order valence-corrected chi connectivity index (χ2v) is 8.22. The Bertz CT molecular complexity index is 826. The van der Waals surface area contributed by atoms with Gasteiger partial charge in [0.15, 0.2) is 5.69 Å². The summed E-state index contributed by atoms with van der Waals surface area (Å²) in [4.78, 5) is 14.3. The van der Waals surface area contributed by atoms with Gasteiger partial charge >= 0.3 is 0 Å². The first-order valence-corrected chi connectivity index (χ1v) is 10.1. The lowest BCUT2D eigenvalue weighted by atomic mass is 9.90. The predicted octanol–water partition coefficient (Wildman–Crippen LogP) is 2.90. The highest BCUT2D eigenvalue weighted by molar-refractivity contribution is 5.93. The molecule has 0 saturated carbocycles. The molecule has 2 aromatic rings. The van der Waals surface area contributed by atoms with E-state index in [1.807, 2.05) is 12.1 Å². The van der Waals surface area contributed by atoms with Gasteiger partial charge in [0.1, 0.15) is 5.75 Å². The van der Waals surface area contributed by atoms with Crippen LogP contribution in [-0.2, 0) is 25.9 Å². The minimum atomic E-state index is -0.00722. The highest BCUT2D eigenvalue weighted by atomic mass is 16.5. The van der Waals surface area contributed by atoms with Crippen LogP contribution in [0.3, 0.4) is 0 Å². The second kappa shape index (κ2) is 8.78. The molecule has 0 spiro atoms. The Balaban J connectivity index is 1.76. The summed E-state index contributed by atoms with van der Waals surface area (Å²) in [5.41, 5.74) is 4.17. The zero-order chi connectivity index (χ0) is 20.3. The number of carbonyl (C=O) groups is 1. The minimum Gasteiger partial charge on any atom is -0.497 e. The molecule has 1 atom stereocenters.